The number of hydrogen-bond donors (Lipinski definition) is 2. The van der Waals surface area contributed by atoms with Gasteiger partial charge >= 0.3 is 0 Å². The van der Waals surface area contributed by atoms with Crippen molar-refractivity contribution >= 4 is 0 Å². The Morgan fingerprint density at radius 2 is 2.36 bits per heavy atom. The van der Waals surface area contributed by atoms with Crippen LogP contribution >= 0.6 is 0 Å². The van der Waals surface area contributed by atoms with E-state index in [1.807, 2.05) is 6.92 Å². The van der Waals surface area contributed by atoms with E-state index in [4.69, 9.17) is 15.6 Å². The summed E-state index contributed by atoms with van der Waals surface area (Å²) >= 11 is 0. The Labute approximate surface area is 86.6 Å². The van der Waals surface area contributed by atoms with Crippen LogP contribution < -0.4 is 5.73 Å². The Balaban J connectivity index is 2.65. The first-order valence-corrected chi connectivity index (χ1v) is 5.54. The second-order valence-corrected chi connectivity index (χ2v) is 4.58. The van der Waals surface area contributed by atoms with Crippen LogP contribution in [0, 0.1) is 5.41 Å². The molecule has 0 aromatic heterocycles. The molecule has 1 fully saturated rings. The van der Waals surface area contributed by atoms with E-state index >= 15 is 0 Å². The Bertz CT molecular complexity index is 169. The van der Waals surface area contributed by atoms with E-state index in [0.717, 1.165) is 25.7 Å². The van der Waals surface area contributed by atoms with Gasteiger partial charge in [0.15, 0.2) is 0 Å². The number of ether oxygens (including phenoxy) is 1. The molecule has 1 rings (SSSR count). The van der Waals surface area contributed by atoms with Gasteiger partial charge in [0.2, 0.25) is 0 Å². The van der Waals surface area contributed by atoms with Crippen LogP contribution in [-0.4, -0.2) is 31.0 Å². The smallest absolute Gasteiger partial charge is 0.0577 e. The molecule has 0 heterocycles. The lowest BCUT2D eigenvalue weighted by atomic mass is 9.67. The average molecular weight is 201 g/mol. The summed E-state index contributed by atoms with van der Waals surface area (Å²) in [5.74, 6) is 0. The fourth-order valence-corrected chi connectivity index (χ4v) is 2.63. The SMILES string of the molecule is COC1CCCC(CCO)(C(C)N)C1. The molecule has 3 nitrogen and oxygen atoms in total. The van der Waals surface area contributed by atoms with E-state index in [9.17, 15) is 0 Å². The van der Waals surface area contributed by atoms with Crippen molar-refractivity contribution in [2.45, 2.75) is 51.2 Å². The minimum Gasteiger partial charge on any atom is -0.396 e. The van der Waals surface area contributed by atoms with Gasteiger partial charge in [0, 0.05) is 19.8 Å². The van der Waals surface area contributed by atoms with Crippen molar-refractivity contribution in [3.63, 3.8) is 0 Å². The van der Waals surface area contributed by atoms with Gasteiger partial charge in [-0.1, -0.05) is 6.42 Å². The number of aliphatic hydroxyl groups is 1. The van der Waals surface area contributed by atoms with E-state index in [1.165, 1.54) is 6.42 Å². The van der Waals surface area contributed by atoms with Crippen LogP contribution in [0.1, 0.15) is 39.0 Å². The first-order valence-electron chi connectivity index (χ1n) is 5.54. The lowest BCUT2D eigenvalue weighted by Gasteiger charge is -2.43. The summed E-state index contributed by atoms with van der Waals surface area (Å²) in [7, 11) is 1.76. The van der Waals surface area contributed by atoms with Crippen molar-refractivity contribution in [3.05, 3.63) is 0 Å². The summed E-state index contributed by atoms with van der Waals surface area (Å²) in [6.45, 7) is 2.28. The fraction of sp³-hybridized carbons (Fsp3) is 1.00. The largest absolute Gasteiger partial charge is 0.396 e. The van der Waals surface area contributed by atoms with Gasteiger partial charge in [0.1, 0.15) is 0 Å². The fourth-order valence-electron chi connectivity index (χ4n) is 2.63. The molecule has 0 spiro atoms. The highest BCUT2D eigenvalue weighted by molar-refractivity contribution is 4.92. The van der Waals surface area contributed by atoms with Gasteiger partial charge in [-0.15, -0.1) is 0 Å². The van der Waals surface area contributed by atoms with Gasteiger partial charge in [0.25, 0.3) is 0 Å². The molecule has 84 valence electrons. The highest BCUT2D eigenvalue weighted by atomic mass is 16.5. The van der Waals surface area contributed by atoms with Gasteiger partial charge in [-0.25, -0.2) is 0 Å². The third-order valence-corrected chi connectivity index (χ3v) is 3.74. The van der Waals surface area contributed by atoms with Crippen LogP contribution in [0.15, 0.2) is 0 Å². The van der Waals surface area contributed by atoms with E-state index in [0.29, 0.717) is 6.10 Å². The van der Waals surface area contributed by atoms with E-state index in [2.05, 4.69) is 0 Å². The third-order valence-electron chi connectivity index (χ3n) is 3.74. The lowest BCUT2D eigenvalue weighted by molar-refractivity contribution is -0.00809. The Hall–Kier alpha value is -0.120. The molecule has 3 unspecified atom stereocenters. The van der Waals surface area contributed by atoms with Crippen LogP contribution in [0.2, 0.25) is 0 Å². The molecule has 14 heavy (non-hydrogen) atoms. The quantitative estimate of drug-likeness (QED) is 0.720. The van der Waals surface area contributed by atoms with Crippen molar-refractivity contribution in [2.24, 2.45) is 11.1 Å². The zero-order chi connectivity index (χ0) is 10.6. The molecular weight excluding hydrogens is 178 g/mol. The molecule has 0 bridgehead atoms. The summed E-state index contributed by atoms with van der Waals surface area (Å²) in [6, 6.07) is 0.146. The maximum Gasteiger partial charge on any atom is 0.0577 e. The molecule has 0 saturated heterocycles. The topological polar surface area (TPSA) is 55.5 Å². The molecule has 0 aliphatic heterocycles. The van der Waals surface area contributed by atoms with Crippen LogP contribution in [0.25, 0.3) is 0 Å². The summed E-state index contributed by atoms with van der Waals surface area (Å²) in [5, 5.41) is 9.10. The molecule has 3 heteroatoms. The summed E-state index contributed by atoms with van der Waals surface area (Å²) < 4.78 is 5.41. The monoisotopic (exact) mass is 201 g/mol. The Morgan fingerprint density at radius 1 is 1.64 bits per heavy atom. The van der Waals surface area contributed by atoms with Gasteiger partial charge in [-0.05, 0) is 38.0 Å². The second-order valence-electron chi connectivity index (χ2n) is 4.58. The standard InChI is InChI=1S/C11H23NO2/c1-9(12)11(6-7-13)5-3-4-10(8-11)14-2/h9-10,13H,3-8,12H2,1-2H3. The molecule has 1 saturated carbocycles. The minimum atomic E-state index is 0.105. The average Bonchev–Trinajstić information content (AvgIpc) is 2.18. The number of hydrogen-bond acceptors (Lipinski definition) is 3. The summed E-state index contributed by atoms with van der Waals surface area (Å²) in [6.07, 6.45) is 5.58. The molecule has 3 atom stereocenters. The van der Waals surface area contributed by atoms with Gasteiger partial charge in [-0.3, -0.25) is 0 Å². The van der Waals surface area contributed by atoms with Crippen molar-refractivity contribution in [1.82, 2.24) is 0 Å². The van der Waals surface area contributed by atoms with Gasteiger partial charge in [0.05, 0.1) is 6.10 Å². The molecular formula is C11H23NO2. The van der Waals surface area contributed by atoms with Gasteiger partial charge in [-0.2, -0.15) is 0 Å². The first-order chi connectivity index (χ1) is 6.64. The lowest BCUT2D eigenvalue weighted by Crippen LogP contribution is -2.45. The minimum absolute atomic E-state index is 0.105. The van der Waals surface area contributed by atoms with Crippen LogP contribution in [0.4, 0.5) is 0 Å². The zero-order valence-electron chi connectivity index (χ0n) is 9.33. The molecule has 0 radical (unpaired) electrons. The maximum atomic E-state index is 9.10. The predicted octanol–water partition coefficient (Wildman–Crippen LogP) is 1.29. The zero-order valence-corrected chi connectivity index (χ0v) is 9.33. The van der Waals surface area contributed by atoms with Crippen LogP contribution in [-0.2, 0) is 4.74 Å². The molecule has 0 aromatic rings. The van der Waals surface area contributed by atoms with Crippen molar-refractivity contribution < 1.29 is 9.84 Å². The number of nitrogens with two attached hydrogens (primary N) is 1. The summed E-state index contributed by atoms with van der Waals surface area (Å²) in [5.41, 5.74) is 6.14. The molecule has 3 N–H and O–H groups in total. The number of rotatable bonds is 4. The van der Waals surface area contributed by atoms with Gasteiger partial charge < -0.3 is 15.6 Å². The van der Waals surface area contributed by atoms with E-state index in [1.54, 1.807) is 7.11 Å². The predicted molar refractivity (Wildman–Crippen MR) is 57.1 cm³/mol. The molecule has 0 aromatic carbocycles. The normalized spacial score (nSPS) is 35.6. The van der Waals surface area contributed by atoms with E-state index < -0.39 is 0 Å². The third kappa shape index (κ3) is 2.47. The summed E-state index contributed by atoms with van der Waals surface area (Å²) in [4.78, 5) is 0. The highest BCUT2D eigenvalue weighted by Gasteiger charge is 2.38. The van der Waals surface area contributed by atoms with Crippen molar-refractivity contribution in [1.29, 1.82) is 0 Å². The Morgan fingerprint density at radius 3 is 2.86 bits per heavy atom. The molecule has 1 aliphatic carbocycles. The van der Waals surface area contributed by atoms with E-state index in [-0.39, 0.29) is 18.1 Å². The molecule has 0 amide bonds. The van der Waals surface area contributed by atoms with Crippen LogP contribution in [0.3, 0.4) is 0 Å². The maximum absolute atomic E-state index is 9.10. The first kappa shape index (κ1) is 12.0. The van der Waals surface area contributed by atoms with Crippen molar-refractivity contribution in [3.8, 4) is 0 Å². The number of aliphatic hydroxyl groups excluding tert-OH is 1. The Kier molecular flexibility index (Phi) is 4.35. The van der Waals surface area contributed by atoms with Crippen molar-refractivity contribution in [2.75, 3.05) is 13.7 Å². The van der Waals surface area contributed by atoms with Crippen LogP contribution in [0.5, 0.6) is 0 Å². The second kappa shape index (κ2) is 5.10. The number of methoxy groups -OCH3 is 1. The molecule has 1 aliphatic rings. The highest BCUT2D eigenvalue weighted by Crippen LogP contribution is 2.42.